The monoisotopic (exact) mass is 324 g/mol. The van der Waals surface area contributed by atoms with Crippen LogP contribution < -0.4 is 11.1 Å². The van der Waals surface area contributed by atoms with Gasteiger partial charge < -0.3 is 21.1 Å². The van der Waals surface area contributed by atoms with Crippen LogP contribution in [0.25, 0.3) is 0 Å². The highest BCUT2D eigenvalue weighted by Gasteiger charge is 2.30. The molecule has 1 fully saturated rings. The van der Waals surface area contributed by atoms with E-state index in [1.165, 1.54) is 0 Å². The molecule has 0 radical (unpaired) electrons. The van der Waals surface area contributed by atoms with Gasteiger partial charge in [0.15, 0.2) is 0 Å². The number of aromatic amines is 1. The number of H-pyrrole nitrogens is 1. The number of aliphatic hydroxyl groups excluding tert-OH is 1. The molecule has 1 saturated carbocycles. The summed E-state index contributed by atoms with van der Waals surface area (Å²) in [4.78, 5) is 18.8. The van der Waals surface area contributed by atoms with Crippen LogP contribution in [0.5, 0.6) is 0 Å². The Morgan fingerprint density at radius 1 is 1.50 bits per heavy atom. The lowest BCUT2D eigenvalue weighted by Crippen LogP contribution is -2.45. The van der Waals surface area contributed by atoms with Crippen LogP contribution in [0, 0.1) is 5.92 Å². The van der Waals surface area contributed by atoms with Gasteiger partial charge in [-0.2, -0.15) is 0 Å². The Balaban J connectivity index is 0.00000180. The Kier molecular flexibility index (Phi) is 8.80. The summed E-state index contributed by atoms with van der Waals surface area (Å²) in [5, 5.41) is 12.4. The lowest BCUT2D eigenvalue weighted by molar-refractivity contribution is -0.126. The van der Waals surface area contributed by atoms with Crippen molar-refractivity contribution in [1.29, 1.82) is 0 Å². The van der Waals surface area contributed by atoms with Gasteiger partial charge in [-0.3, -0.25) is 4.79 Å². The summed E-state index contributed by atoms with van der Waals surface area (Å²) in [5.74, 6) is -0.0259. The summed E-state index contributed by atoms with van der Waals surface area (Å²) in [5.41, 5.74) is 6.77. The normalized spacial score (nSPS) is 25.2. The van der Waals surface area contributed by atoms with Crippen LogP contribution in [0.1, 0.15) is 25.0 Å². The van der Waals surface area contributed by atoms with Crippen molar-refractivity contribution in [1.82, 2.24) is 15.3 Å². The van der Waals surface area contributed by atoms with E-state index in [1.54, 1.807) is 12.5 Å². The van der Waals surface area contributed by atoms with Crippen LogP contribution >= 0.6 is 24.8 Å². The fourth-order valence-electron chi connectivity index (χ4n) is 2.31. The van der Waals surface area contributed by atoms with Crippen molar-refractivity contribution in [2.75, 3.05) is 6.54 Å². The van der Waals surface area contributed by atoms with E-state index in [2.05, 4.69) is 15.3 Å². The maximum absolute atomic E-state index is 11.9. The average molecular weight is 325 g/mol. The zero-order valence-electron chi connectivity index (χ0n) is 11.1. The van der Waals surface area contributed by atoms with Crippen LogP contribution in [0.2, 0.25) is 0 Å². The molecule has 0 bridgehead atoms. The number of halogens is 2. The maximum Gasteiger partial charge on any atom is 0.223 e. The first-order chi connectivity index (χ1) is 8.66. The van der Waals surface area contributed by atoms with Gasteiger partial charge in [-0.05, 0) is 19.3 Å². The molecule has 0 saturated heterocycles. The summed E-state index contributed by atoms with van der Waals surface area (Å²) in [7, 11) is 0. The SMILES string of the molecule is Cl.Cl.N[C@@H]1C[C@@H](C(=O)NCCc2cnc[nH]2)CC[C@H]1O. The molecule has 1 heterocycles. The van der Waals surface area contributed by atoms with Crippen molar-refractivity contribution in [3.8, 4) is 0 Å². The first-order valence-corrected chi connectivity index (χ1v) is 6.35. The van der Waals surface area contributed by atoms with Crippen molar-refractivity contribution in [2.45, 2.75) is 37.8 Å². The molecule has 1 aliphatic rings. The van der Waals surface area contributed by atoms with Crippen molar-refractivity contribution < 1.29 is 9.90 Å². The van der Waals surface area contributed by atoms with E-state index >= 15 is 0 Å². The van der Waals surface area contributed by atoms with Gasteiger partial charge in [-0.15, -0.1) is 24.8 Å². The molecule has 1 aromatic heterocycles. The summed E-state index contributed by atoms with van der Waals surface area (Å²) in [6.07, 6.45) is 5.55. The van der Waals surface area contributed by atoms with E-state index in [0.717, 1.165) is 12.1 Å². The topological polar surface area (TPSA) is 104 Å². The van der Waals surface area contributed by atoms with Crippen molar-refractivity contribution >= 4 is 30.7 Å². The number of carbonyl (C=O) groups excluding carboxylic acids is 1. The smallest absolute Gasteiger partial charge is 0.223 e. The number of imidazole rings is 1. The van der Waals surface area contributed by atoms with Gasteiger partial charge >= 0.3 is 0 Å². The second kappa shape index (κ2) is 9.18. The largest absolute Gasteiger partial charge is 0.392 e. The van der Waals surface area contributed by atoms with E-state index in [1.807, 2.05) is 0 Å². The minimum Gasteiger partial charge on any atom is -0.392 e. The number of rotatable bonds is 4. The van der Waals surface area contributed by atoms with Gasteiger partial charge in [0.1, 0.15) is 0 Å². The highest BCUT2D eigenvalue weighted by molar-refractivity contribution is 5.85. The number of aliphatic hydroxyl groups is 1. The van der Waals surface area contributed by atoms with Crippen molar-refractivity contribution in [3.63, 3.8) is 0 Å². The van der Waals surface area contributed by atoms with Gasteiger partial charge in [0.2, 0.25) is 5.91 Å². The quantitative estimate of drug-likeness (QED) is 0.643. The fourth-order valence-corrected chi connectivity index (χ4v) is 2.31. The molecule has 1 aromatic rings. The molecule has 0 unspecified atom stereocenters. The average Bonchev–Trinajstić information content (AvgIpc) is 2.85. The van der Waals surface area contributed by atoms with E-state index in [0.29, 0.717) is 25.8 Å². The lowest BCUT2D eigenvalue weighted by atomic mass is 9.83. The number of aromatic nitrogens is 2. The van der Waals surface area contributed by atoms with Gasteiger partial charge in [0.05, 0.1) is 12.4 Å². The number of carbonyl (C=O) groups is 1. The van der Waals surface area contributed by atoms with E-state index < -0.39 is 6.10 Å². The second-order valence-electron chi connectivity index (χ2n) is 4.86. The molecule has 116 valence electrons. The van der Waals surface area contributed by atoms with Crippen LogP contribution in [0.15, 0.2) is 12.5 Å². The van der Waals surface area contributed by atoms with Gasteiger partial charge in [-0.1, -0.05) is 0 Å². The van der Waals surface area contributed by atoms with E-state index in [4.69, 9.17) is 5.73 Å². The van der Waals surface area contributed by atoms with Crippen LogP contribution in [-0.2, 0) is 11.2 Å². The molecule has 0 spiro atoms. The number of nitrogens with one attached hydrogen (secondary N) is 2. The first kappa shape index (κ1) is 19.2. The summed E-state index contributed by atoms with van der Waals surface area (Å²) < 4.78 is 0. The molecule has 6 nitrogen and oxygen atoms in total. The Bertz CT molecular complexity index is 389. The third-order valence-corrected chi connectivity index (χ3v) is 3.48. The van der Waals surface area contributed by atoms with E-state index in [9.17, 15) is 9.90 Å². The lowest BCUT2D eigenvalue weighted by Gasteiger charge is -2.29. The number of amides is 1. The Morgan fingerprint density at radius 3 is 2.85 bits per heavy atom. The van der Waals surface area contributed by atoms with Crippen LogP contribution in [0.4, 0.5) is 0 Å². The van der Waals surface area contributed by atoms with E-state index in [-0.39, 0.29) is 42.7 Å². The van der Waals surface area contributed by atoms with Crippen LogP contribution in [0.3, 0.4) is 0 Å². The number of hydrogen-bond acceptors (Lipinski definition) is 4. The molecule has 1 amide bonds. The summed E-state index contributed by atoms with van der Waals surface area (Å²) >= 11 is 0. The highest BCUT2D eigenvalue weighted by atomic mass is 35.5. The second-order valence-corrected chi connectivity index (χ2v) is 4.86. The maximum atomic E-state index is 11.9. The van der Waals surface area contributed by atoms with Crippen molar-refractivity contribution in [2.24, 2.45) is 11.7 Å². The molecule has 0 aromatic carbocycles. The first-order valence-electron chi connectivity index (χ1n) is 6.35. The fraction of sp³-hybridized carbons (Fsp3) is 0.667. The molecule has 5 N–H and O–H groups in total. The minimum atomic E-state index is -0.459. The molecule has 2 rings (SSSR count). The Hall–Kier alpha value is -0.820. The number of nitrogens with zero attached hydrogens (tertiary/aromatic N) is 1. The zero-order valence-corrected chi connectivity index (χ0v) is 12.8. The molecule has 8 heteroatoms. The number of hydrogen-bond donors (Lipinski definition) is 4. The molecular weight excluding hydrogens is 303 g/mol. The van der Waals surface area contributed by atoms with Crippen LogP contribution in [-0.4, -0.2) is 39.7 Å². The zero-order chi connectivity index (χ0) is 13.0. The third-order valence-electron chi connectivity index (χ3n) is 3.48. The number of nitrogens with two attached hydrogens (primary N) is 1. The molecule has 3 atom stereocenters. The van der Waals surface area contributed by atoms with Gasteiger partial charge in [0.25, 0.3) is 0 Å². The molecule has 0 aliphatic heterocycles. The van der Waals surface area contributed by atoms with Gasteiger partial charge in [0, 0.05) is 36.8 Å². The van der Waals surface area contributed by atoms with Gasteiger partial charge in [-0.25, -0.2) is 4.98 Å². The standard InChI is InChI=1S/C12H20N4O2.2ClH/c13-10-5-8(1-2-11(10)17)12(18)15-4-3-9-6-14-7-16-9;;/h6-8,10-11,17H,1-5,13H2,(H,14,16)(H,15,18);2*1H/t8-,10+,11+;;/m0../s1. The predicted octanol–water partition coefficient (Wildman–Crippen LogP) is 0.400. The summed E-state index contributed by atoms with van der Waals surface area (Å²) in [6, 6.07) is -0.276. The molecule has 20 heavy (non-hydrogen) atoms. The minimum absolute atomic E-state index is 0. The highest BCUT2D eigenvalue weighted by Crippen LogP contribution is 2.23. The predicted molar refractivity (Wildman–Crippen MR) is 81.1 cm³/mol. The molecule has 1 aliphatic carbocycles. The summed E-state index contributed by atoms with van der Waals surface area (Å²) in [6.45, 7) is 0.593. The van der Waals surface area contributed by atoms with Crippen molar-refractivity contribution in [3.05, 3.63) is 18.2 Å². The third kappa shape index (κ3) is 5.28. The molecular formula is C12H22Cl2N4O2. The Morgan fingerprint density at radius 2 is 2.25 bits per heavy atom. The Labute approximate surface area is 130 Å².